The van der Waals surface area contributed by atoms with Crippen molar-refractivity contribution in [3.63, 3.8) is 0 Å². The Morgan fingerprint density at radius 3 is 2.33 bits per heavy atom. The Balaban J connectivity index is 1.44. The summed E-state index contributed by atoms with van der Waals surface area (Å²) in [5.74, 6) is -0.187. The van der Waals surface area contributed by atoms with E-state index in [1.54, 1.807) is 23.1 Å². The van der Waals surface area contributed by atoms with Gasteiger partial charge in [0, 0.05) is 29.7 Å². The molecule has 0 spiro atoms. The average molecular weight is 424 g/mol. The van der Waals surface area contributed by atoms with Crippen LogP contribution in [0.1, 0.15) is 18.4 Å². The fourth-order valence-electron chi connectivity index (χ4n) is 3.73. The van der Waals surface area contributed by atoms with Crippen molar-refractivity contribution < 1.29 is 9.90 Å². The number of rotatable bonds is 4. The molecule has 7 heteroatoms. The maximum Gasteiger partial charge on any atom is 0.267 e. The van der Waals surface area contributed by atoms with Crippen LogP contribution in [0.5, 0.6) is 0 Å². The van der Waals surface area contributed by atoms with Gasteiger partial charge in [-0.05, 0) is 36.6 Å². The number of hydrogen-bond acceptors (Lipinski definition) is 4. The number of aliphatic hydroxyl groups is 1. The van der Waals surface area contributed by atoms with Crippen LogP contribution in [0, 0.1) is 0 Å². The van der Waals surface area contributed by atoms with E-state index in [2.05, 4.69) is 5.10 Å². The van der Waals surface area contributed by atoms with Gasteiger partial charge in [-0.25, -0.2) is 4.68 Å². The Labute approximate surface area is 179 Å². The van der Waals surface area contributed by atoms with E-state index >= 15 is 0 Å². The van der Waals surface area contributed by atoms with E-state index in [-0.39, 0.29) is 18.0 Å². The zero-order chi connectivity index (χ0) is 21.1. The topological polar surface area (TPSA) is 75.4 Å². The Hall–Kier alpha value is -2.96. The van der Waals surface area contributed by atoms with Crippen molar-refractivity contribution in [3.8, 4) is 11.3 Å². The monoisotopic (exact) mass is 423 g/mol. The zero-order valence-corrected chi connectivity index (χ0v) is 17.1. The predicted molar refractivity (Wildman–Crippen MR) is 115 cm³/mol. The van der Waals surface area contributed by atoms with Gasteiger partial charge in [0.25, 0.3) is 5.56 Å². The molecule has 0 unspecified atom stereocenters. The van der Waals surface area contributed by atoms with Crippen LogP contribution in [-0.4, -0.2) is 38.8 Å². The van der Waals surface area contributed by atoms with Gasteiger partial charge >= 0.3 is 0 Å². The summed E-state index contributed by atoms with van der Waals surface area (Å²) in [6.45, 7) is 0.690. The molecule has 1 N–H and O–H groups in total. The number of benzene rings is 2. The van der Waals surface area contributed by atoms with Crippen LogP contribution in [0.3, 0.4) is 0 Å². The quantitative estimate of drug-likeness (QED) is 0.699. The number of likely N-dealkylation sites (tertiary alicyclic amines) is 1. The first-order valence-electron chi connectivity index (χ1n) is 9.84. The molecule has 0 aliphatic carbocycles. The van der Waals surface area contributed by atoms with Crippen molar-refractivity contribution in [1.29, 1.82) is 0 Å². The Bertz CT molecular complexity index is 1090. The van der Waals surface area contributed by atoms with Gasteiger partial charge in [-0.2, -0.15) is 5.10 Å². The fourth-order valence-corrected chi connectivity index (χ4v) is 3.85. The molecule has 4 rings (SSSR count). The summed E-state index contributed by atoms with van der Waals surface area (Å²) in [5, 5.41) is 16.0. The highest BCUT2D eigenvalue weighted by molar-refractivity contribution is 6.30. The Morgan fingerprint density at radius 2 is 1.67 bits per heavy atom. The zero-order valence-electron chi connectivity index (χ0n) is 16.4. The molecule has 0 radical (unpaired) electrons. The van der Waals surface area contributed by atoms with Gasteiger partial charge in [0.2, 0.25) is 5.91 Å². The maximum atomic E-state index is 12.8. The van der Waals surface area contributed by atoms with Crippen molar-refractivity contribution in [2.45, 2.75) is 25.0 Å². The molecule has 6 nitrogen and oxygen atoms in total. The highest BCUT2D eigenvalue weighted by Gasteiger charge is 2.35. The lowest BCUT2D eigenvalue weighted by molar-refractivity contribution is -0.136. The summed E-state index contributed by atoms with van der Waals surface area (Å²) in [7, 11) is 0. The van der Waals surface area contributed by atoms with E-state index in [9.17, 15) is 14.7 Å². The van der Waals surface area contributed by atoms with Crippen molar-refractivity contribution in [3.05, 3.63) is 87.7 Å². The van der Waals surface area contributed by atoms with E-state index < -0.39 is 5.60 Å². The molecule has 1 saturated heterocycles. The van der Waals surface area contributed by atoms with Crippen molar-refractivity contribution >= 4 is 17.5 Å². The van der Waals surface area contributed by atoms with Gasteiger partial charge in [-0.3, -0.25) is 9.59 Å². The maximum absolute atomic E-state index is 12.8. The van der Waals surface area contributed by atoms with E-state index in [1.807, 2.05) is 42.5 Å². The second kappa shape index (κ2) is 8.42. The second-order valence-electron chi connectivity index (χ2n) is 7.50. The van der Waals surface area contributed by atoms with Crippen LogP contribution in [0.25, 0.3) is 11.3 Å². The number of carbonyl (C=O) groups is 1. The van der Waals surface area contributed by atoms with Crippen LogP contribution in [0.2, 0.25) is 5.02 Å². The molecule has 1 aromatic heterocycles. The second-order valence-corrected chi connectivity index (χ2v) is 7.94. The third kappa shape index (κ3) is 4.30. The molecule has 2 aromatic carbocycles. The van der Waals surface area contributed by atoms with Gasteiger partial charge in [-0.1, -0.05) is 54.1 Å². The van der Waals surface area contributed by atoms with Crippen LogP contribution >= 0.6 is 11.6 Å². The molecule has 1 fully saturated rings. The molecule has 2 heterocycles. The first-order chi connectivity index (χ1) is 14.4. The minimum absolute atomic E-state index is 0.126. The van der Waals surface area contributed by atoms with Crippen molar-refractivity contribution in [2.24, 2.45) is 0 Å². The molecule has 30 heavy (non-hydrogen) atoms. The number of amides is 1. The van der Waals surface area contributed by atoms with Gasteiger partial charge < -0.3 is 10.0 Å². The van der Waals surface area contributed by atoms with Crippen LogP contribution in [-0.2, 0) is 16.9 Å². The number of piperidine rings is 1. The first-order valence-corrected chi connectivity index (χ1v) is 10.2. The smallest absolute Gasteiger partial charge is 0.267 e. The number of nitrogens with zero attached hydrogens (tertiary/aromatic N) is 3. The summed E-state index contributed by atoms with van der Waals surface area (Å²) >= 11 is 5.93. The molecule has 0 atom stereocenters. The van der Waals surface area contributed by atoms with Crippen molar-refractivity contribution in [2.75, 3.05) is 13.1 Å². The minimum atomic E-state index is -0.982. The molecule has 1 aliphatic heterocycles. The Morgan fingerprint density at radius 1 is 1.00 bits per heavy atom. The fraction of sp³-hybridized carbons (Fsp3) is 0.261. The van der Waals surface area contributed by atoms with E-state index in [0.717, 1.165) is 11.1 Å². The number of carbonyl (C=O) groups excluding carboxylic acids is 1. The van der Waals surface area contributed by atoms with Gasteiger partial charge in [0.15, 0.2) is 0 Å². The van der Waals surface area contributed by atoms with Crippen LogP contribution in [0.4, 0.5) is 0 Å². The summed E-state index contributed by atoms with van der Waals surface area (Å²) in [6, 6.07) is 19.7. The molecular weight excluding hydrogens is 402 g/mol. The largest absolute Gasteiger partial charge is 0.385 e. The predicted octanol–water partition coefficient (Wildman–Crippen LogP) is 3.07. The van der Waals surface area contributed by atoms with Gasteiger partial charge in [-0.15, -0.1) is 0 Å². The third-order valence-electron chi connectivity index (χ3n) is 5.55. The molecular formula is C23H22ClN3O3. The summed E-state index contributed by atoms with van der Waals surface area (Å²) in [4.78, 5) is 26.7. The Kier molecular flexibility index (Phi) is 5.70. The number of aromatic nitrogens is 2. The van der Waals surface area contributed by atoms with Gasteiger partial charge in [0.05, 0.1) is 11.3 Å². The lowest BCUT2D eigenvalue weighted by Crippen LogP contribution is -2.47. The molecule has 0 saturated carbocycles. The normalized spacial score (nSPS) is 15.7. The molecule has 154 valence electrons. The van der Waals surface area contributed by atoms with Crippen LogP contribution in [0.15, 0.2) is 71.5 Å². The summed E-state index contributed by atoms with van der Waals surface area (Å²) < 4.78 is 1.20. The highest BCUT2D eigenvalue weighted by atomic mass is 35.5. The van der Waals surface area contributed by atoms with E-state index in [1.165, 1.54) is 10.7 Å². The van der Waals surface area contributed by atoms with E-state index in [0.29, 0.717) is 36.6 Å². The van der Waals surface area contributed by atoms with Crippen molar-refractivity contribution in [1.82, 2.24) is 14.7 Å². The minimum Gasteiger partial charge on any atom is -0.385 e. The van der Waals surface area contributed by atoms with Gasteiger partial charge in [0.1, 0.15) is 6.54 Å². The lowest BCUT2D eigenvalue weighted by atomic mass is 9.84. The molecule has 0 bridgehead atoms. The number of hydrogen-bond donors (Lipinski definition) is 1. The molecule has 1 amide bonds. The van der Waals surface area contributed by atoms with Crippen LogP contribution < -0.4 is 5.56 Å². The average Bonchev–Trinajstić information content (AvgIpc) is 2.76. The summed E-state index contributed by atoms with van der Waals surface area (Å²) in [5.41, 5.74) is 1.01. The first kappa shape index (κ1) is 20.3. The highest BCUT2D eigenvalue weighted by Crippen LogP contribution is 2.33. The van der Waals surface area contributed by atoms with E-state index in [4.69, 9.17) is 11.6 Å². The molecule has 3 aromatic rings. The third-order valence-corrected chi connectivity index (χ3v) is 5.80. The SMILES string of the molecule is O=C(Cn1nc(-c2ccccc2)ccc1=O)N1CCC(O)(c2ccc(Cl)cc2)CC1. The molecule has 1 aliphatic rings. The number of halogens is 1. The standard InChI is InChI=1S/C23H22ClN3O3/c24-19-8-6-18(7-9-19)23(30)12-14-26(15-13-23)22(29)16-27-21(28)11-10-20(25-27)17-4-2-1-3-5-17/h1-11,30H,12-16H2. The summed E-state index contributed by atoms with van der Waals surface area (Å²) in [6.07, 6.45) is 0.847. The lowest BCUT2D eigenvalue weighted by Gasteiger charge is -2.38.